The summed E-state index contributed by atoms with van der Waals surface area (Å²) >= 11 is 6.03. The van der Waals surface area contributed by atoms with E-state index < -0.39 is 6.04 Å². The van der Waals surface area contributed by atoms with Crippen LogP contribution in [-0.4, -0.2) is 30.9 Å². The molecular formula is C19H18ClN3O4. The van der Waals surface area contributed by atoms with Crippen LogP contribution in [0.4, 0.5) is 11.4 Å². The number of rotatable bonds is 5. The van der Waals surface area contributed by atoms with Gasteiger partial charge in [0.2, 0.25) is 11.8 Å². The number of hydrogen-bond acceptors (Lipinski definition) is 4. The molecule has 3 amide bonds. The minimum absolute atomic E-state index is 0.0539. The third-order valence-corrected chi connectivity index (χ3v) is 4.44. The van der Waals surface area contributed by atoms with E-state index in [1.165, 1.54) is 7.11 Å². The lowest BCUT2D eigenvalue weighted by Gasteiger charge is -2.14. The highest BCUT2D eigenvalue weighted by Gasteiger charge is 2.27. The zero-order valence-corrected chi connectivity index (χ0v) is 15.3. The van der Waals surface area contributed by atoms with Crippen LogP contribution in [0.3, 0.4) is 0 Å². The molecule has 2 aromatic rings. The van der Waals surface area contributed by atoms with Crippen molar-refractivity contribution in [2.45, 2.75) is 18.9 Å². The van der Waals surface area contributed by atoms with E-state index >= 15 is 0 Å². The predicted molar refractivity (Wildman–Crippen MR) is 102 cm³/mol. The van der Waals surface area contributed by atoms with E-state index in [1.54, 1.807) is 42.5 Å². The molecule has 1 aliphatic rings. The molecular weight excluding hydrogens is 370 g/mol. The fraction of sp³-hybridized carbons (Fsp3) is 0.211. The van der Waals surface area contributed by atoms with Crippen LogP contribution in [0.5, 0.6) is 5.75 Å². The van der Waals surface area contributed by atoms with Crippen LogP contribution in [-0.2, 0) is 9.59 Å². The number of anilines is 2. The maximum Gasteiger partial charge on any atom is 0.254 e. The summed E-state index contributed by atoms with van der Waals surface area (Å²) in [6.45, 7) is 0. The molecule has 1 unspecified atom stereocenters. The van der Waals surface area contributed by atoms with Crippen LogP contribution in [0.2, 0.25) is 5.02 Å². The Kier molecular flexibility index (Phi) is 5.61. The topological polar surface area (TPSA) is 96.5 Å². The summed E-state index contributed by atoms with van der Waals surface area (Å²) in [5.41, 5.74) is 1.37. The summed E-state index contributed by atoms with van der Waals surface area (Å²) in [7, 11) is 1.50. The molecule has 1 atom stereocenters. The lowest BCUT2D eigenvalue weighted by Crippen LogP contribution is -2.41. The van der Waals surface area contributed by atoms with Gasteiger partial charge in [-0.3, -0.25) is 14.4 Å². The quantitative estimate of drug-likeness (QED) is 0.735. The lowest BCUT2D eigenvalue weighted by atomic mass is 10.1. The van der Waals surface area contributed by atoms with Crippen LogP contribution in [0.15, 0.2) is 42.5 Å². The van der Waals surface area contributed by atoms with Crippen LogP contribution < -0.4 is 20.7 Å². The Hall–Kier alpha value is -3.06. The van der Waals surface area contributed by atoms with E-state index in [0.717, 1.165) is 0 Å². The Bertz CT molecular complexity index is 900. The maximum atomic E-state index is 12.3. The molecule has 3 rings (SSSR count). The molecule has 3 N–H and O–H groups in total. The van der Waals surface area contributed by atoms with Gasteiger partial charge in [0.15, 0.2) is 0 Å². The molecule has 27 heavy (non-hydrogen) atoms. The van der Waals surface area contributed by atoms with Gasteiger partial charge in [-0.05, 0) is 36.8 Å². The van der Waals surface area contributed by atoms with Crippen molar-refractivity contribution in [1.29, 1.82) is 0 Å². The molecule has 0 aromatic heterocycles. The van der Waals surface area contributed by atoms with E-state index in [-0.39, 0.29) is 30.6 Å². The molecule has 0 spiro atoms. The first-order valence-corrected chi connectivity index (χ1v) is 8.70. The van der Waals surface area contributed by atoms with Gasteiger partial charge in [0, 0.05) is 12.1 Å². The average Bonchev–Trinajstić information content (AvgIpc) is 2.76. The summed E-state index contributed by atoms with van der Waals surface area (Å²) in [6.07, 6.45) is 0.222. The minimum Gasteiger partial charge on any atom is -0.495 e. The van der Waals surface area contributed by atoms with Gasteiger partial charge < -0.3 is 20.7 Å². The first kappa shape index (κ1) is 18.7. The molecule has 0 aliphatic carbocycles. The Morgan fingerprint density at radius 1 is 1.22 bits per heavy atom. The van der Waals surface area contributed by atoms with Crippen molar-refractivity contribution in [3.05, 3.63) is 53.1 Å². The molecule has 0 fully saturated rings. The highest BCUT2D eigenvalue weighted by atomic mass is 35.5. The number of para-hydroxylation sites is 1. The summed E-state index contributed by atoms with van der Waals surface area (Å²) in [4.78, 5) is 36.8. The fourth-order valence-corrected chi connectivity index (χ4v) is 3.02. The van der Waals surface area contributed by atoms with Gasteiger partial charge in [0.1, 0.15) is 11.8 Å². The van der Waals surface area contributed by atoms with Gasteiger partial charge in [-0.15, -0.1) is 0 Å². The number of benzene rings is 2. The molecule has 0 bridgehead atoms. The van der Waals surface area contributed by atoms with Gasteiger partial charge in [-0.2, -0.15) is 0 Å². The SMILES string of the molecule is COc1ccc(NC(=O)CCC2NC(=O)c3ccccc3NC2=O)cc1Cl. The van der Waals surface area contributed by atoms with E-state index in [2.05, 4.69) is 16.0 Å². The molecule has 1 aliphatic heterocycles. The number of carbonyl (C=O) groups is 3. The smallest absolute Gasteiger partial charge is 0.254 e. The summed E-state index contributed by atoms with van der Waals surface area (Å²) in [5.74, 6) is -0.489. The van der Waals surface area contributed by atoms with Gasteiger partial charge in [-0.1, -0.05) is 23.7 Å². The molecule has 1 heterocycles. The largest absolute Gasteiger partial charge is 0.495 e. The summed E-state index contributed by atoms with van der Waals surface area (Å²) in [6, 6.07) is 10.8. The van der Waals surface area contributed by atoms with Crippen molar-refractivity contribution >= 4 is 40.7 Å². The maximum absolute atomic E-state index is 12.3. The van der Waals surface area contributed by atoms with Crippen molar-refractivity contribution in [3.63, 3.8) is 0 Å². The molecule has 0 saturated carbocycles. The average molecular weight is 388 g/mol. The van der Waals surface area contributed by atoms with Crippen molar-refractivity contribution < 1.29 is 19.1 Å². The first-order valence-electron chi connectivity index (χ1n) is 8.32. The minimum atomic E-state index is -0.796. The predicted octanol–water partition coefficient (Wildman–Crippen LogP) is 2.82. The second kappa shape index (κ2) is 8.09. The second-order valence-electron chi connectivity index (χ2n) is 6.00. The Morgan fingerprint density at radius 2 is 2.00 bits per heavy atom. The zero-order valence-electron chi connectivity index (χ0n) is 14.5. The molecule has 0 saturated heterocycles. The van der Waals surface area contributed by atoms with E-state index in [1.807, 2.05) is 0 Å². The van der Waals surface area contributed by atoms with E-state index in [4.69, 9.17) is 16.3 Å². The van der Waals surface area contributed by atoms with Crippen LogP contribution >= 0.6 is 11.6 Å². The lowest BCUT2D eigenvalue weighted by molar-refractivity contribution is -0.118. The second-order valence-corrected chi connectivity index (χ2v) is 6.40. The monoisotopic (exact) mass is 387 g/mol. The number of nitrogens with one attached hydrogen (secondary N) is 3. The number of hydrogen-bond donors (Lipinski definition) is 3. The van der Waals surface area contributed by atoms with Crippen molar-refractivity contribution in [1.82, 2.24) is 5.32 Å². The molecule has 140 valence electrons. The van der Waals surface area contributed by atoms with Crippen LogP contribution in [0.1, 0.15) is 23.2 Å². The van der Waals surface area contributed by atoms with Gasteiger partial charge in [0.25, 0.3) is 5.91 Å². The molecule has 0 radical (unpaired) electrons. The third-order valence-electron chi connectivity index (χ3n) is 4.15. The van der Waals surface area contributed by atoms with E-state index in [9.17, 15) is 14.4 Å². The number of fused-ring (bicyclic) bond motifs is 1. The van der Waals surface area contributed by atoms with Gasteiger partial charge in [0.05, 0.1) is 23.4 Å². The summed E-state index contributed by atoms with van der Waals surface area (Å²) in [5, 5.41) is 8.46. The highest BCUT2D eigenvalue weighted by Crippen LogP contribution is 2.27. The van der Waals surface area contributed by atoms with Gasteiger partial charge >= 0.3 is 0 Å². The Labute approximate surface area is 161 Å². The van der Waals surface area contributed by atoms with Gasteiger partial charge in [-0.25, -0.2) is 0 Å². The fourth-order valence-electron chi connectivity index (χ4n) is 2.76. The van der Waals surface area contributed by atoms with Crippen molar-refractivity contribution in [3.8, 4) is 5.75 Å². The molecule has 7 nitrogen and oxygen atoms in total. The number of methoxy groups -OCH3 is 1. The Balaban J connectivity index is 1.59. The highest BCUT2D eigenvalue weighted by molar-refractivity contribution is 6.32. The summed E-state index contributed by atoms with van der Waals surface area (Å²) < 4.78 is 5.06. The first-order chi connectivity index (χ1) is 13.0. The van der Waals surface area contributed by atoms with Crippen molar-refractivity contribution in [2.75, 3.05) is 17.7 Å². The third kappa shape index (κ3) is 4.38. The van der Waals surface area contributed by atoms with Crippen molar-refractivity contribution in [2.24, 2.45) is 0 Å². The number of carbonyl (C=O) groups excluding carboxylic acids is 3. The van der Waals surface area contributed by atoms with E-state index in [0.29, 0.717) is 27.7 Å². The van der Waals surface area contributed by atoms with Crippen LogP contribution in [0, 0.1) is 0 Å². The normalized spacial score (nSPS) is 15.9. The number of halogens is 1. The zero-order chi connectivity index (χ0) is 19.4. The molecule has 8 heteroatoms. The molecule has 2 aromatic carbocycles. The Morgan fingerprint density at radius 3 is 2.74 bits per heavy atom. The number of amides is 3. The standard InChI is InChI=1S/C19H18ClN3O4/c1-27-16-8-6-11(10-13(16)20)21-17(24)9-7-15-19(26)22-14-5-3-2-4-12(14)18(25)23-15/h2-6,8,10,15H,7,9H2,1H3,(H,21,24)(H,22,26)(H,23,25). The van der Waals surface area contributed by atoms with Crippen LogP contribution in [0.25, 0.3) is 0 Å². The number of ether oxygens (including phenoxy) is 1.